The minimum Gasteiger partial charge on any atom is -0.248 e. The fourth-order valence-electron chi connectivity index (χ4n) is 6.84. The van der Waals surface area contributed by atoms with Gasteiger partial charge in [-0.2, -0.15) is 8.78 Å². The highest BCUT2D eigenvalue weighted by molar-refractivity contribution is 5.85. The fourth-order valence-corrected chi connectivity index (χ4v) is 6.84. The Hall–Kier alpha value is -6.59. The predicted molar refractivity (Wildman–Crippen MR) is 201 cm³/mol. The van der Waals surface area contributed by atoms with Crippen LogP contribution in [0.15, 0.2) is 176 Å². The molecule has 0 saturated carbocycles. The van der Waals surface area contributed by atoms with Gasteiger partial charge in [0.25, 0.3) is 5.92 Å². The second kappa shape index (κ2) is 12.4. The first-order valence-corrected chi connectivity index (χ1v) is 16.8. The molecule has 0 N–H and O–H groups in total. The largest absolute Gasteiger partial charge is 0.299 e. The summed E-state index contributed by atoms with van der Waals surface area (Å²) in [5, 5.41) is 0. The second-order valence-corrected chi connectivity index (χ2v) is 12.6. The highest BCUT2D eigenvalue weighted by Gasteiger charge is 2.45. The monoisotopic (exact) mass is 661 g/mol. The lowest BCUT2D eigenvalue weighted by atomic mass is 9.97. The Morgan fingerprint density at radius 3 is 1.20 bits per heavy atom. The number of hydrogen-bond donors (Lipinski definition) is 0. The van der Waals surface area contributed by atoms with Gasteiger partial charge in [-0.1, -0.05) is 146 Å². The van der Waals surface area contributed by atoms with Crippen LogP contribution in [0.4, 0.5) is 8.78 Å². The number of pyridine rings is 1. The lowest BCUT2D eigenvalue weighted by Gasteiger charge is -2.15. The molecule has 242 valence electrons. The highest BCUT2D eigenvalue weighted by Crippen LogP contribution is 2.52. The molecule has 0 fully saturated rings. The molecule has 9 rings (SSSR count). The molecule has 0 bridgehead atoms. The number of alkyl halides is 2. The van der Waals surface area contributed by atoms with Gasteiger partial charge in [0.15, 0.2) is 5.82 Å². The molecule has 0 spiro atoms. The van der Waals surface area contributed by atoms with E-state index >= 15 is 8.78 Å². The van der Waals surface area contributed by atoms with Crippen molar-refractivity contribution in [1.29, 1.82) is 0 Å². The van der Waals surface area contributed by atoms with Crippen molar-refractivity contribution in [1.82, 2.24) is 15.0 Å². The third-order valence-electron chi connectivity index (χ3n) is 9.43. The molecule has 1 aliphatic rings. The van der Waals surface area contributed by atoms with Gasteiger partial charge in [0.1, 0.15) is 0 Å². The molecule has 0 amide bonds. The van der Waals surface area contributed by atoms with Gasteiger partial charge in [-0.25, -0.2) is 15.0 Å². The van der Waals surface area contributed by atoms with Gasteiger partial charge in [-0.15, -0.1) is 0 Å². The Balaban J connectivity index is 1.14. The molecular formula is C46H29F2N3. The van der Waals surface area contributed by atoms with E-state index in [0.717, 1.165) is 44.9 Å². The molecule has 51 heavy (non-hydrogen) atoms. The molecule has 8 aromatic rings. The zero-order chi connectivity index (χ0) is 34.4. The lowest BCUT2D eigenvalue weighted by molar-refractivity contribution is 0.0481. The maximum absolute atomic E-state index is 16.6. The Bertz CT molecular complexity index is 2240. The van der Waals surface area contributed by atoms with Crippen LogP contribution in [0.1, 0.15) is 11.1 Å². The van der Waals surface area contributed by atoms with Crippen molar-refractivity contribution in [2.24, 2.45) is 0 Å². The van der Waals surface area contributed by atoms with Crippen LogP contribution in [0.25, 0.3) is 78.7 Å². The van der Waals surface area contributed by atoms with Gasteiger partial charge in [0, 0.05) is 38.9 Å². The quantitative estimate of drug-likeness (QED) is 0.178. The summed E-state index contributed by atoms with van der Waals surface area (Å²) in [4.78, 5) is 14.7. The maximum Gasteiger partial charge on any atom is 0.299 e. The number of aromatic nitrogens is 3. The van der Waals surface area contributed by atoms with Crippen LogP contribution in [-0.4, -0.2) is 15.0 Å². The fraction of sp³-hybridized carbons (Fsp3) is 0.0217. The molecule has 0 atom stereocenters. The standard InChI is InChI=1S/C46H29F2N3/c47-46(48)39-25-34(42-28-36(30-13-5-1-6-14-30)27-41(49-42)31-15-7-2-8-16-31)21-23-37(39)38-24-22-35(26-40(38)46)45-50-43(32-17-9-3-10-18-32)29-44(51-45)33-19-11-4-12-20-33/h1-29H. The number of halogens is 2. The van der Waals surface area contributed by atoms with Gasteiger partial charge < -0.3 is 0 Å². The number of rotatable bonds is 6. The van der Waals surface area contributed by atoms with Crippen LogP contribution >= 0.6 is 0 Å². The van der Waals surface area contributed by atoms with Crippen LogP contribution < -0.4 is 0 Å². The summed E-state index contributed by atoms with van der Waals surface area (Å²) in [5.74, 6) is -2.85. The topological polar surface area (TPSA) is 38.7 Å². The molecule has 6 aromatic carbocycles. The van der Waals surface area contributed by atoms with Crippen LogP contribution in [0.2, 0.25) is 0 Å². The minimum atomic E-state index is -3.24. The number of nitrogens with zero attached hydrogens (tertiary/aromatic N) is 3. The molecule has 0 radical (unpaired) electrons. The molecule has 0 saturated heterocycles. The maximum atomic E-state index is 16.6. The van der Waals surface area contributed by atoms with Gasteiger partial charge in [0.05, 0.1) is 22.8 Å². The van der Waals surface area contributed by atoms with Crippen LogP contribution in [0.3, 0.4) is 0 Å². The van der Waals surface area contributed by atoms with E-state index in [0.29, 0.717) is 33.8 Å². The normalized spacial score (nSPS) is 12.7. The number of hydrogen-bond acceptors (Lipinski definition) is 3. The molecule has 0 unspecified atom stereocenters. The highest BCUT2D eigenvalue weighted by atomic mass is 19.3. The Morgan fingerprint density at radius 1 is 0.314 bits per heavy atom. The summed E-state index contributed by atoms with van der Waals surface area (Å²) >= 11 is 0. The number of benzene rings is 6. The van der Waals surface area contributed by atoms with Crippen molar-refractivity contribution in [3.8, 4) is 78.7 Å². The summed E-state index contributed by atoms with van der Waals surface area (Å²) in [6.07, 6.45) is 0. The Kier molecular flexibility index (Phi) is 7.40. The summed E-state index contributed by atoms with van der Waals surface area (Å²) in [5.41, 5.74) is 9.72. The molecule has 0 aliphatic heterocycles. The second-order valence-electron chi connectivity index (χ2n) is 12.6. The van der Waals surface area contributed by atoms with E-state index in [1.54, 1.807) is 24.3 Å². The smallest absolute Gasteiger partial charge is 0.248 e. The molecule has 2 aromatic heterocycles. The van der Waals surface area contributed by atoms with Crippen molar-refractivity contribution < 1.29 is 8.78 Å². The third kappa shape index (κ3) is 5.59. The Labute approximate surface area is 294 Å². The van der Waals surface area contributed by atoms with E-state index in [4.69, 9.17) is 15.0 Å². The van der Waals surface area contributed by atoms with Crippen LogP contribution in [0, 0.1) is 0 Å². The molecule has 2 heterocycles. The van der Waals surface area contributed by atoms with E-state index in [9.17, 15) is 0 Å². The summed E-state index contributed by atoms with van der Waals surface area (Å²) in [6.45, 7) is 0. The van der Waals surface area contributed by atoms with Gasteiger partial charge >= 0.3 is 0 Å². The van der Waals surface area contributed by atoms with Gasteiger partial charge in [-0.05, 0) is 52.6 Å². The summed E-state index contributed by atoms with van der Waals surface area (Å²) < 4.78 is 33.3. The van der Waals surface area contributed by atoms with E-state index < -0.39 is 5.92 Å². The molecule has 3 nitrogen and oxygen atoms in total. The Morgan fingerprint density at radius 2 is 0.706 bits per heavy atom. The molecule has 5 heteroatoms. The predicted octanol–water partition coefficient (Wildman–Crippen LogP) is 12.0. The van der Waals surface area contributed by atoms with E-state index in [-0.39, 0.29) is 11.1 Å². The first-order valence-electron chi connectivity index (χ1n) is 16.8. The molecule has 1 aliphatic carbocycles. The lowest BCUT2D eigenvalue weighted by Crippen LogP contribution is -2.11. The molecular weight excluding hydrogens is 633 g/mol. The first-order chi connectivity index (χ1) is 25.0. The third-order valence-corrected chi connectivity index (χ3v) is 9.43. The average Bonchev–Trinajstić information content (AvgIpc) is 3.43. The van der Waals surface area contributed by atoms with E-state index in [2.05, 4.69) is 0 Å². The average molecular weight is 662 g/mol. The SMILES string of the molecule is FC1(F)c2cc(-c3cc(-c4ccccc4)cc(-c4ccccc4)n3)ccc2-c2ccc(-c3nc(-c4ccccc4)cc(-c4ccccc4)n3)cc21. The van der Waals surface area contributed by atoms with E-state index in [1.807, 2.05) is 152 Å². The van der Waals surface area contributed by atoms with Gasteiger partial charge in [-0.3, -0.25) is 0 Å². The van der Waals surface area contributed by atoms with Crippen molar-refractivity contribution in [2.45, 2.75) is 5.92 Å². The zero-order valence-corrected chi connectivity index (χ0v) is 27.3. The van der Waals surface area contributed by atoms with Crippen molar-refractivity contribution in [2.75, 3.05) is 0 Å². The first kappa shape index (κ1) is 30.5. The summed E-state index contributed by atoms with van der Waals surface area (Å²) in [7, 11) is 0. The van der Waals surface area contributed by atoms with Crippen molar-refractivity contribution in [3.63, 3.8) is 0 Å². The van der Waals surface area contributed by atoms with E-state index in [1.165, 1.54) is 0 Å². The minimum absolute atomic E-state index is 0.0377. The number of fused-ring (bicyclic) bond motifs is 3. The van der Waals surface area contributed by atoms with Crippen LogP contribution in [0.5, 0.6) is 0 Å². The van der Waals surface area contributed by atoms with Crippen molar-refractivity contribution >= 4 is 0 Å². The van der Waals surface area contributed by atoms with Crippen molar-refractivity contribution in [3.05, 3.63) is 187 Å². The zero-order valence-electron chi connectivity index (χ0n) is 27.3. The van der Waals surface area contributed by atoms with Gasteiger partial charge in [0.2, 0.25) is 0 Å². The van der Waals surface area contributed by atoms with Crippen LogP contribution in [-0.2, 0) is 5.92 Å². The summed E-state index contributed by atoms with van der Waals surface area (Å²) in [6, 6.07) is 56.0.